The van der Waals surface area contributed by atoms with Gasteiger partial charge in [-0.15, -0.1) is 0 Å². The summed E-state index contributed by atoms with van der Waals surface area (Å²) in [5, 5.41) is 10.5. The van der Waals surface area contributed by atoms with Gasteiger partial charge in [0.15, 0.2) is 5.78 Å². The molecule has 19 heavy (non-hydrogen) atoms. The van der Waals surface area contributed by atoms with Crippen molar-refractivity contribution < 1.29 is 14.5 Å². The van der Waals surface area contributed by atoms with Gasteiger partial charge in [0.25, 0.3) is 5.69 Å². The second-order valence-electron chi connectivity index (χ2n) is 3.77. The quantitative estimate of drug-likeness (QED) is 0.478. The number of nitro benzene ring substituents is 1. The van der Waals surface area contributed by atoms with Crippen LogP contribution in [0.4, 0.5) is 5.69 Å². The maximum absolute atomic E-state index is 11.4. The lowest BCUT2D eigenvalue weighted by atomic mass is 10.2. The molecule has 0 radical (unpaired) electrons. The summed E-state index contributed by atoms with van der Waals surface area (Å²) < 4.78 is 5.45. The molecule has 0 fully saturated rings. The average Bonchev–Trinajstić information content (AvgIpc) is 2.39. The van der Waals surface area contributed by atoms with Crippen molar-refractivity contribution in [1.82, 2.24) is 4.98 Å². The van der Waals surface area contributed by atoms with Gasteiger partial charge in [0, 0.05) is 18.3 Å². The number of benzene rings is 1. The van der Waals surface area contributed by atoms with Crippen molar-refractivity contribution in [3.63, 3.8) is 0 Å². The van der Waals surface area contributed by atoms with Gasteiger partial charge < -0.3 is 4.74 Å². The number of ether oxygens (including phenoxy) is 1. The van der Waals surface area contributed by atoms with E-state index >= 15 is 0 Å². The minimum atomic E-state index is -0.494. The molecule has 96 valence electrons. The zero-order valence-electron chi connectivity index (χ0n) is 10.1. The van der Waals surface area contributed by atoms with Crippen LogP contribution in [-0.2, 0) is 0 Å². The van der Waals surface area contributed by atoms with Crippen molar-refractivity contribution in [1.29, 1.82) is 0 Å². The van der Waals surface area contributed by atoms with E-state index in [2.05, 4.69) is 4.98 Å². The van der Waals surface area contributed by atoms with Gasteiger partial charge in [0.1, 0.15) is 5.75 Å². The number of non-ortho nitro benzene ring substituents is 1. The molecule has 1 aromatic carbocycles. The van der Waals surface area contributed by atoms with Crippen molar-refractivity contribution in [2.45, 2.75) is 6.92 Å². The number of ketones is 1. The van der Waals surface area contributed by atoms with Gasteiger partial charge in [-0.2, -0.15) is 0 Å². The van der Waals surface area contributed by atoms with E-state index in [0.29, 0.717) is 11.3 Å². The number of carbonyl (C=O) groups excluding carboxylic acids is 1. The van der Waals surface area contributed by atoms with Gasteiger partial charge in [-0.1, -0.05) is 0 Å². The van der Waals surface area contributed by atoms with Gasteiger partial charge in [0.2, 0.25) is 5.88 Å². The van der Waals surface area contributed by atoms with Crippen molar-refractivity contribution in [3.05, 3.63) is 58.3 Å². The largest absolute Gasteiger partial charge is 0.438 e. The number of Topliss-reactive ketones (excluding diaryl/α,β-unsaturated/α-hetero) is 1. The Morgan fingerprint density at radius 1 is 1.26 bits per heavy atom. The molecule has 0 amide bonds. The van der Waals surface area contributed by atoms with Crippen LogP contribution in [0.3, 0.4) is 0 Å². The molecular weight excluding hydrogens is 248 g/mol. The van der Waals surface area contributed by atoms with Crippen LogP contribution in [0.5, 0.6) is 11.6 Å². The average molecular weight is 258 g/mol. The molecule has 0 spiro atoms. The lowest BCUT2D eigenvalue weighted by Crippen LogP contribution is -1.99. The summed E-state index contributed by atoms with van der Waals surface area (Å²) in [6, 6.07) is 8.81. The first-order chi connectivity index (χ1) is 9.08. The number of hydrogen-bond acceptors (Lipinski definition) is 5. The Hall–Kier alpha value is -2.76. The van der Waals surface area contributed by atoms with E-state index in [9.17, 15) is 14.9 Å². The minimum absolute atomic E-state index is 0.0276. The molecule has 0 atom stereocenters. The van der Waals surface area contributed by atoms with Crippen LogP contribution in [-0.4, -0.2) is 15.7 Å². The van der Waals surface area contributed by atoms with Crippen LogP contribution in [0.1, 0.15) is 17.3 Å². The third-order valence-corrected chi connectivity index (χ3v) is 2.41. The van der Waals surface area contributed by atoms with Crippen molar-refractivity contribution in [2.75, 3.05) is 0 Å². The highest BCUT2D eigenvalue weighted by molar-refractivity contribution is 5.96. The molecule has 0 aliphatic carbocycles. The highest BCUT2D eigenvalue weighted by Gasteiger charge is 2.11. The second kappa shape index (κ2) is 5.26. The van der Waals surface area contributed by atoms with E-state index in [1.54, 1.807) is 12.1 Å². The van der Waals surface area contributed by atoms with Gasteiger partial charge in [0.05, 0.1) is 10.5 Å². The molecule has 0 saturated carbocycles. The van der Waals surface area contributed by atoms with E-state index in [0.717, 1.165) is 0 Å². The SMILES string of the molecule is CC(=O)c1cccnc1Oc1ccc([N+](=O)[O-])cc1. The first-order valence-corrected chi connectivity index (χ1v) is 5.46. The Balaban J connectivity index is 2.26. The maximum atomic E-state index is 11.4. The van der Waals surface area contributed by atoms with Crippen LogP contribution < -0.4 is 4.74 Å². The predicted octanol–water partition coefficient (Wildman–Crippen LogP) is 2.98. The number of nitrogens with zero attached hydrogens (tertiary/aromatic N) is 2. The van der Waals surface area contributed by atoms with Crippen LogP contribution in [0.2, 0.25) is 0 Å². The van der Waals surface area contributed by atoms with E-state index in [-0.39, 0.29) is 17.4 Å². The van der Waals surface area contributed by atoms with Crippen LogP contribution in [0.25, 0.3) is 0 Å². The second-order valence-corrected chi connectivity index (χ2v) is 3.77. The summed E-state index contributed by atoms with van der Waals surface area (Å²) in [5.41, 5.74) is 0.334. The molecule has 6 heteroatoms. The first-order valence-electron chi connectivity index (χ1n) is 5.46. The third kappa shape index (κ3) is 2.92. The number of carbonyl (C=O) groups is 1. The van der Waals surface area contributed by atoms with Gasteiger partial charge >= 0.3 is 0 Å². The van der Waals surface area contributed by atoms with Crippen LogP contribution in [0.15, 0.2) is 42.6 Å². The van der Waals surface area contributed by atoms with Crippen molar-refractivity contribution in [3.8, 4) is 11.6 Å². The standard InChI is InChI=1S/C13H10N2O4/c1-9(16)12-3-2-8-14-13(12)19-11-6-4-10(5-7-11)15(17)18/h2-8H,1H3. The molecule has 6 nitrogen and oxygen atoms in total. The predicted molar refractivity (Wildman–Crippen MR) is 67.4 cm³/mol. The lowest BCUT2D eigenvalue weighted by molar-refractivity contribution is -0.384. The number of pyridine rings is 1. The Kier molecular flexibility index (Phi) is 3.51. The maximum Gasteiger partial charge on any atom is 0.269 e. The van der Waals surface area contributed by atoms with Crippen LogP contribution in [0, 0.1) is 10.1 Å². The summed E-state index contributed by atoms with van der Waals surface area (Å²) in [6.45, 7) is 1.42. The number of hydrogen-bond donors (Lipinski definition) is 0. The molecule has 2 rings (SSSR count). The molecule has 0 unspecified atom stereocenters. The number of aromatic nitrogens is 1. The number of rotatable bonds is 4. The van der Waals surface area contributed by atoms with Crippen LogP contribution >= 0.6 is 0 Å². The van der Waals surface area contributed by atoms with E-state index in [1.807, 2.05) is 0 Å². The molecule has 0 N–H and O–H groups in total. The van der Waals surface area contributed by atoms with E-state index < -0.39 is 4.92 Å². The Labute approximate surface area is 108 Å². The summed E-state index contributed by atoms with van der Waals surface area (Å²) >= 11 is 0. The normalized spacial score (nSPS) is 9.95. The molecule has 1 aromatic heterocycles. The smallest absolute Gasteiger partial charge is 0.269 e. The fourth-order valence-electron chi connectivity index (χ4n) is 1.49. The Bertz CT molecular complexity index is 623. The van der Waals surface area contributed by atoms with Gasteiger partial charge in [-0.25, -0.2) is 4.98 Å². The van der Waals surface area contributed by atoms with E-state index in [1.165, 1.54) is 37.4 Å². The van der Waals surface area contributed by atoms with Gasteiger partial charge in [-0.3, -0.25) is 14.9 Å². The highest BCUT2D eigenvalue weighted by Crippen LogP contribution is 2.25. The molecule has 2 aromatic rings. The lowest BCUT2D eigenvalue weighted by Gasteiger charge is -2.07. The van der Waals surface area contributed by atoms with Crippen molar-refractivity contribution >= 4 is 11.5 Å². The number of nitro groups is 1. The molecule has 0 saturated heterocycles. The summed E-state index contributed by atoms with van der Waals surface area (Å²) in [7, 11) is 0. The molecule has 0 bridgehead atoms. The fraction of sp³-hybridized carbons (Fsp3) is 0.0769. The molecular formula is C13H10N2O4. The fourth-order valence-corrected chi connectivity index (χ4v) is 1.49. The topological polar surface area (TPSA) is 82.3 Å². The highest BCUT2D eigenvalue weighted by atomic mass is 16.6. The Morgan fingerprint density at radius 3 is 2.53 bits per heavy atom. The minimum Gasteiger partial charge on any atom is -0.438 e. The van der Waals surface area contributed by atoms with Gasteiger partial charge in [-0.05, 0) is 31.2 Å². The summed E-state index contributed by atoms with van der Waals surface area (Å²) in [4.78, 5) is 25.4. The zero-order chi connectivity index (χ0) is 13.8. The molecule has 0 aliphatic rings. The summed E-state index contributed by atoms with van der Waals surface area (Å²) in [5.74, 6) is 0.403. The third-order valence-electron chi connectivity index (χ3n) is 2.41. The zero-order valence-corrected chi connectivity index (χ0v) is 10.1. The molecule has 0 aliphatic heterocycles. The van der Waals surface area contributed by atoms with Crippen molar-refractivity contribution in [2.24, 2.45) is 0 Å². The Morgan fingerprint density at radius 2 is 1.95 bits per heavy atom. The van der Waals surface area contributed by atoms with E-state index in [4.69, 9.17) is 4.74 Å². The molecule has 1 heterocycles. The summed E-state index contributed by atoms with van der Waals surface area (Å²) in [6.07, 6.45) is 1.51. The monoisotopic (exact) mass is 258 g/mol. The first kappa shape index (κ1) is 12.7.